The van der Waals surface area contributed by atoms with Gasteiger partial charge in [0.25, 0.3) is 0 Å². The van der Waals surface area contributed by atoms with Crippen molar-refractivity contribution in [1.29, 1.82) is 0 Å². The Balaban J connectivity index is 0.00000200. The molecule has 0 radical (unpaired) electrons. The van der Waals surface area contributed by atoms with Crippen molar-refractivity contribution in [3.63, 3.8) is 0 Å². The van der Waals surface area contributed by atoms with Crippen LogP contribution in [-0.2, 0) is 11.3 Å². The van der Waals surface area contributed by atoms with Gasteiger partial charge in [-0.15, -0.1) is 12.4 Å². The van der Waals surface area contributed by atoms with Crippen molar-refractivity contribution >= 4 is 24.0 Å². The van der Waals surface area contributed by atoms with Crippen molar-refractivity contribution in [2.24, 2.45) is 5.73 Å². The predicted molar refractivity (Wildman–Crippen MR) is 82.0 cm³/mol. The lowest BCUT2D eigenvalue weighted by atomic mass is 9.98. The lowest BCUT2D eigenvalue weighted by molar-refractivity contribution is -0.117. The Labute approximate surface area is 124 Å². The van der Waals surface area contributed by atoms with Crippen molar-refractivity contribution in [3.05, 3.63) is 48.3 Å². The molecule has 1 aromatic heterocycles. The van der Waals surface area contributed by atoms with E-state index in [9.17, 15) is 4.79 Å². The Morgan fingerprint density at radius 2 is 2.10 bits per heavy atom. The summed E-state index contributed by atoms with van der Waals surface area (Å²) in [5.74, 6) is -0.449. The summed E-state index contributed by atoms with van der Waals surface area (Å²) in [4.78, 5) is 12.2. The zero-order chi connectivity index (χ0) is 13.7. The molecule has 2 aromatic rings. The summed E-state index contributed by atoms with van der Waals surface area (Å²) < 4.78 is 1.76. The molecule has 5 nitrogen and oxygen atoms in total. The maximum Gasteiger partial charge on any atom is 0.233 e. The quantitative estimate of drug-likeness (QED) is 0.886. The minimum absolute atomic E-state index is 0. The molecule has 1 aromatic carbocycles. The van der Waals surface area contributed by atoms with E-state index in [2.05, 4.69) is 10.4 Å². The van der Waals surface area contributed by atoms with Crippen molar-refractivity contribution < 1.29 is 4.79 Å². The molecule has 0 saturated carbocycles. The van der Waals surface area contributed by atoms with Gasteiger partial charge in [-0.1, -0.05) is 30.3 Å². The fraction of sp³-hybridized carbons (Fsp3) is 0.286. The predicted octanol–water partition coefficient (Wildman–Crippen LogP) is 2.01. The molecule has 0 spiro atoms. The number of aryl methyl sites for hydroxylation is 1. The monoisotopic (exact) mass is 294 g/mol. The van der Waals surface area contributed by atoms with E-state index in [0.717, 1.165) is 12.1 Å². The average Bonchev–Trinajstić information content (AvgIpc) is 2.88. The van der Waals surface area contributed by atoms with Crippen LogP contribution in [0, 0.1) is 0 Å². The van der Waals surface area contributed by atoms with Gasteiger partial charge in [-0.05, 0) is 12.5 Å². The summed E-state index contributed by atoms with van der Waals surface area (Å²) in [5, 5.41) is 6.96. The summed E-state index contributed by atoms with van der Waals surface area (Å²) in [6, 6.07) is 9.54. The first-order valence-corrected chi connectivity index (χ1v) is 6.33. The zero-order valence-electron chi connectivity index (χ0n) is 11.3. The third-order valence-electron chi connectivity index (χ3n) is 2.98. The van der Waals surface area contributed by atoms with Crippen LogP contribution in [0.4, 0.5) is 5.69 Å². The maximum atomic E-state index is 12.2. The second kappa shape index (κ2) is 7.67. The molecule has 1 atom stereocenters. The Kier molecular flexibility index (Phi) is 6.21. The second-order valence-corrected chi connectivity index (χ2v) is 4.27. The van der Waals surface area contributed by atoms with Gasteiger partial charge < -0.3 is 11.1 Å². The number of carbonyl (C=O) groups is 1. The fourth-order valence-electron chi connectivity index (χ4n) is 1.91. The molecule has 2 rings (SSSR count). The Bertz CT molecular complexity index is 541. The molecule has 0 bridgehead atoms. The van der Waals surface area contributed by atoms with Crippen molar-refractivity contribution in [2.75, 3.05) is 11.9 Å². The maximum absolute atomic E-state index is 12.2. The van der Waals surface area contributed by atoms with Crippen LogP contribution in [0.5, 0.6) is 0 Å². The molecule has 108 valence electrons. The number of hydrogen-bond acceptors (Lipinski definition) is 3. The third-order valence-corrected chi connectivity index (χ3v) is 2.98. The fourth-order valence-corrected chi connectivity index (χ4v) is 1.91. The highest BCUT2D eigenvalue weighted by Gasteiger charge is 2.19. The number of amides is 1. The second-order valence-electron chi connectivity index (χ2n) is 4.27. The van der Waals surface area contributed by atoms with E-state index >= 15 is 0 Å². The van der Waals surface area contributed by atoms with Crippen molar-refractivity contribution in [2.45, 2.75) is 19.4 Å². The van der Waals surface area contributed by atoms with Gasteiger partial charge in [-0.2, -0.15) is 5.10 Å². The number of benzene rings is 1. The van der Waals surface area contributed by atoms with Gasteiger partial charge in [0.1, 0.15) is 0 Å². The van der Waals surface area contributed by atoms with Crippen molar-refractivity contribution in [1.82, 2.24) is 9.78 Å². The van der Waals surface area contributed by atoms with Crippen LogP contribution in [-0.4, -0.2) is 22.2 Å². The number of carbonyl (C=O) groups excluding carboxylic acids is 1. The highest BCUT2D eigenvalue weighted by Crippen LogP contribution is 2.17. The van der Waals surface area contributed by atoms with E-state index in [0.29, 0.717) is 5.69 Å². The molecular formula is C14H19ClN4O. The summed E-state index contributed by atoms with van der Waals surface area (Å²) >= 11 is 0. The molecule has 0 aliphatic heterocycles. The standard InChI is InChI=1S/C14H18N4O.ClH/c1-2-18-10-12(9-16-18)17-14(19)13(8-15)11-6-4-3-5-7-11;/h3-7,9-10,13H,2,8,15H2,1H3,(H,17,19);1H. The van der Waals surface area contributed by atoms with Crippen LogP contribution < -0.4 is 11.1 Å². The topological polar surface area (TPSA) is 72.9 Å². The normalized spacial score (nSPS) is 11.5. The van der Waals surface area contributed by atoms with Crippen LogP contribution in [0.3, 0.4) is 0 Å². The third kappa shape index (κ3) is 3.82. The molecular weight excluding hydrogens is 276 g/mol. The number of halogens is 1. The SMILES string of the molecule is CCn1cc(NC(=O)C(CN)c2ccccc2)cn1.Cl. The van der Waals surface area contributed by atoms with E-state index in [4.69, 9.17) is 5.73 Å². The molecule has 0 saturated heterocycles. The number of nitrogens with two attached hydrogens (primary N) is 1. The largest absolute Gasteiger partial charge is 0.329 e. The lowest BCUT2D eigenvalue weighted by Gasteiger charge is -2.14. The van der Waals surface area contributed by atoms with Gasteiger partial charge in [0.2, 0.25) is 5.91 Å². The van der Waals surface area contributed by atoms with Crippen LogP contribution in [0.1, 0.15) is 18.4 Å². The molecule has 6 heteroatoms. The highest BCUT2D eigenvalue weighted by atomic mass is 35.5. The summed E-state index contributed by atoms with van der Waals surface area (Å²) in [6.07, 6.45) is 3.44. The van der Waals surface area contributed by atoms with Crippen LogP contribution >= 0.6 is 12.4 Å². The van der Waals surface area contributed by atoms with Crippen LogP contribution in [0.2, 0.25) is 0 Å². The number of anilines is 1. The first-order valence-electron chi connectivity index (χ1n) is 6.33. The molecule has 0 aliphatic carbocycles. The van der Waals surface area contributed by atoms with Gasteiger partial charge in [-0.3, -0.25) is 9.48 Å². The molecule has 0 fully saturated rings. The number of nitrogens with one attached hydrogen (secondary N) is 1. The van der Waals surface area contributed by atoms with Crippen molar-refractivity contribution in [3.8, 4) is 0 Å². The highest BCUT2D eigenvalue weighted by molar-refractivity contribution is 5.95. The Hall–Kier alpha value is -1.85. The summed E-state index contributed by atoms with van der Waals surface area (Å²) in [6.45, 7) is 3.04. The molecule has 0 aliphatic rings. The molecule has 1 amide bonds. The van der Waals surface area contributed by atoms with Gasteiger partial charge in [0.05, 0.1) is 17.8 Å². The van der Waals surface area contributed by atoms with Gasteiger partial charge >= 0.3 is 0 Å². The summed E-state index contributed by atoms with van der Waals surface area (Å²) in [5.41, 5.74) is 7.33. The smallest absolute Gasteiger partial charge is 0.233 e. The van der Waals surface area contributed by atoms with E-state index in [-0.39, 0.29) is 30.8 Å². The van der Waals surface area contributed by atoms with Gasteiger partial charge in [0, 0.05) is 19.3 Å². The average molecular weight is 295 g/mol. The number of hydrogen-bond donors (Lipinski definition) is 2. The molecule has 20 heavy (non-hydrogen) atoms. The van der Waals surface area contributed by atoms with E-state index < -0.39 is 0 Å². The van der Waals surface area contributed by atoms with E-state index in [1.165, 1.54) is 0 Å². The number of rotatable bonds is 5. The van der Waals surface area contributed by atoms with E-state index in [1.807, 2.05) is 37.3 Å². The molecule has 1 heterocycles. The van der Waals surface area contributed by atoms with Gasteiger partial charge in [-0.25, -0.2) is 0 Å². The molecule has 3 N–H and O–H groups in total. The van der Waals surface area contributed by atoms with Crippen LogP contribution in [0.25, 0.3) is 0 Å². The first-order chi connectivity index (χ1) is 9.24. The lowest BCUT2D eigenvalue weighted by Crippen LogP contribution is -2.27. The zero-order valence-corrected chi connectivity index (χ0v) is 12.1. The Morgan fingerprint density at radius 3 is 2.65 bits per heavy atom. The molecule has 1 unspecified atom stereocenters. The van der Waals surface area contributed by atoms with Crippen LogP contribution in [0.15, 0.2) is 42.7 Å². The number of aromatic nitrogens is 2. The van der Waals surface area contributed by atoms with E-state index in [1.54, 1.807) is 17.1 Å². The minimum atomic E-state index is -0.342. The van der Waals surface area contributed by atoms with Gasteiger partial charge in [0.15, 0.2) is 0 Å². The number of nitrogens with zero attached hydrogens (tertiary/aromatic N) is 2. The first kappa shape index (κ1) is 16.2. The Morgan fingerprint density at radius 1 is 1.40 bits per heavy atom. The minimum Gasteiger partial charge on any atom is -0.329 e. The summed E-state index contributed by atoms with van der Waals surface area (Å²) in [7, 11) is 0.